The summed E-state index contributed by atoms with van der Waals surface area (Å²) in [5, 5.41) is 0.773. The van der Waals surface area contributed by atoms with Crippen LogP contribution >= 0.6 is 11.6 Å². The first kappa shape index (κ1) is 11.1. The Labute approximate surface area is 106 Å². The first-order chi connectivity index (χ1) is 8.24. The van der Waals surface area contributed by atoms with Crippen molar-refractivity contribution in [3.8, 4) is 0 Å². The fourth-order valence-corrected chi connectivity index (χ4v) is 2.86. The summed E-state index contributed by atoms with van der Waals surface area (Å²) in [5.74, 6) is 1.85. The van der Waals surface area contributed by atoms with Gasteiger partial charge >= 0.3 is 0 Å². The van der Waals surface area contributed by atoms with Crippen LogP contribution in [-0.2, 0) is 6.42 Å². The lowest BCUT2D eigenvalue weighted by Gasteiger charge is -2.09. The van der Waals surface area contributed by atoms with Crippen molar-refractivity contribution in [1.82, 2.24) is 14.3 Å². The third-order valence-electron chi connectivity index (χ3n) is 3.56. The van der Waals surface area contributed by atoms with Crippen molar-refractivity contribution in [2.75, 3.05) is 20.1 Å². The molecule has 1 fully saturated rings. The van der Waals surface area contributed by atoms with E-state index in [1.54, 1.807) is 0 Å². The molecule has 3 rings (SSSR count). The van der Waals surface area contributed by atoms with Gasteiger partial charge in [0.1, 0.15) is 5.82 Å². The van der Waals surface area contributed by atoms with Crippen LogP contribution in [-0.4, -0.2) is 34.4 Å². The summed E-state index contributed by atoms with van der Waals surface area (Å²) < 4.78 is 2.11. The normalized spacial score (nSPS) is 21.4. The second kappa shape index (κ2) is 4.31. The highest BCUT2D eigenvalue weighted by Gasteiger charge is 2.21. The summed E-state index contributed by atoms with van der Waals surface area (Å²) >= 11 is 6.14. The number of aromatic nitrogens is 2. The van der Waals surface area contributed by atoms with Gasteiger partial charge in [-0.15, -0.1) is 0 Å². The van der Waals surface area contributed by atoms with Crippen molar-refractivity contribution in [1.29, 1.82) is 0 Å². The summed E-state index contributed by atoms with van der Waals surface area (Å²) in [6, 6.07) is 3.88. The summed E-state index contributed by atoms with van der Waals surface area (Å²) in [5.41, 5.74) is 1.01. The number of hydrogen-bond acceptors (Lipinski definition) is 2. The summed E-state index contributed by atoms with van der Waals surface area (Å²) in [4.78, 5) is 6.89. The highest BCUT2D eigenvalue weighted by Crippen LogP contribution is 2.22. The van der Waals surface area contributed by atoms with E-state index in [9.17, 15) is 0 Å². The Hall–Kier alpha value is -1.06. The monoisotopic (exact) mass is 249 g/mol. The Morgan fingerprint density at radius 3 is 3.18 bits per heavy atom. The van der Waals surface area contributed by atoms with Gasteiger partial charge in [-0.1, -0.05) is 11.6 Å². The third-order valence-corrected chi connectivity index (χ3v) is 3.88. The molecule has 1 unspecified atom stereocenters. The van der Waals surface area contributed by atoms with Crippen LogP contribution in [0, 0.1) is 5.92 Å². The molecule has 2 aromatic heterocycles. The number of halogens is 1. The molecule has 0 amide bonds. The number of pyridine rings is 1. The maximum Gasteiger partial charge on any atom is 0.113 e. The maximum atomic E-state index is 6.14. The molecule has 0 spiro atoms. The van der Waals surface area contributed by atoms with Gasteiger partial charge in [0.2, 0.25) is 0 Å². The van der Waals surface area contributed by atoms with Gasteiger partial charge in [-0.25, -0.2) is 4.98 Å². The topological polar surface area (TPSA) is 20.5 Å². The minimum Gasteiger partial charge on any atom is -0.306 e. The van der Waals surface area contributed by atoms with E-state index in [2.05, 4.69) is 21.3 Å². The van der Waals surface area contributed by atoms with Gasteiger partial charge in [-0.3, -0.25) is 0 Å². The number of hydrogen-bond donors (Lipinski definition) is 0. The van der Waals surface area contributed by atoms with Gasteiger partial charge in [-0.05, 0) is 38.1 Å². The molecular formula is C13H16ClN3. The molecule has 3 heterocycles. The standard InChI is InChI=1S/C13H16ClN3/c1-16-6-4-10(9-16)7-13-15-8-12-11(14)3-2-5-17(12)13/h2-3,5,8,10H,4,6-7,9H2,1H3. The molecule has 0 N–H and O–H groups in total. The lowest BCUT2D eigenvalue weighted by Crippen LogP contribution is -2.15. The molecule has 0 aromatic carbocycles. The maximum absolute atomic E-state index is 6.14. The first-order valence-electron chi connectivity index (χ1n) is 6.03. The van der Waals surface area contributed by atoms with Crippen LogP contribution < -0.4 is 0 Å². The molecule has 1 atom stereocenters. The Morgan fingerprint density at radius 2 is 2.41 bits per heavy atom. The molecule has 0 bridgehead atoms. The van der Waals surface area contributed by atoms with Crippen molar-refractivity contribution in [3.05, 3.63) is 35.4 Å². The molecule has 1 saturated heterocycles. The molecule has 4 heteroatoms. The summed E-state index contributed by atoms with van der Waals surface area (Å²) in [6.07, 6.45) is 6.23. The van der Waals surface area contributed by atoms with E-state index < -0.39 is 0 Å². The van der Waals surface area contributed by atoms with Crippen LogP contribution in [0.3, 0.4) is 0 Å². The van der Waals surface area contributed by atoms with Crippen molar-refractivity contribution >= 4 is 17.1 Å². The Morgan fingerprint density at radius 1 is 1.53 bits per heavy atom. The van der Waals surface area contributed by atoms with Crippen molar-refractivity contribution < 1.29 is 0 Å². The van der Waals surface area contributed by atoms with Gasteiger partial charge in [0.05, 0.1) is 16.7 Å². The van der Waals surface area contributed by atoms with Gasteiger partial charge in [0, 0.05) is 19.2 Å². The minimum atomic E-state index is 0.726. The average Bonchev–Trinajstić information content (AvgIpc) is 2.88. The molecule has 2 aromatic rings. The summed E-state index contributed by atoms with van der Waals surface area (Å²) in [6.45, 7) is 2.38. The fourth-order valence-electron chi connectivity index (χ4n) is 2.64. The van der Waals surface area contributed by atoms with Gasteiger partial charge in [-0.2, -0.15) is 0 Å². The molecular weight excluding hydrogens is 234 g/mol. The number of likely N-dealkylation sites (tertiary alicyclic amines) is 1. The van der Waals surface area contributed by atoms with Gasteiger partial charge in [0.25, 0.3) is 0 Å². The second-order valence-electron chi connectivity index (χ2n) is 4.91. The Balaban J connectivity index is 1.88. The predicted octanol–water partition coefficient (Wildman–Crippen LogP) is 2.48. The van der Waals surface area contributed by atoms with E-state index in [-0.39, 0.29) is 0 Å². The molecule has 17 heavy (non-hydrogen) atoms. The lowest BCUT2D eigenvalue weighted by molar-refractivity contribution is 0.392. The number of fused-ring (bicyclic) bond motifs is 1. The Kier molecular flexibility index (Phi) is 2.81. The van der Waals surface area contributed by atoms with Crippen molar-refractivity contribution in [2.45, 2.75) is 12.8 Å². The zero-order chi connectivity index (χ0) is 11.8. The molecule has 1 aliphatic heterocycles. The van der Waals surface area contributed by atoms with Crippen LogP contribution in [0.25, 0.3) is 5.52 Å². The van der Waals surface area contributed by atoms with E-state index >= 15 is 0 Å². The SMILES string of the molecule is CN1CCC(Cc2ncc3c(Cl)cccn23)C1. The van der Waals surface area contributed by atoms with Crippen LogP contribution in [0.1, 0.15) is 12.2 Å². The number of nitrogens with zero attached hydrogens (tertiary/aromatic N) is 3. The first-order valence-corrected chi connectivity index (χ1v) is 6.41. The molecule has 90 valence electrons. The van der Waals surface area contributed by atoms with Crippen LogP contribution in [0.5, 0.6) is 0 Å². The molecule has 0 aliphatic carbocycles. The highest BCUT2D eigenvalue weighted by atomic mass is 35.5. The molecule has 1 aliphatic rings. The van der Waals surface area contributed by atoms with E-state index in [0.717, 1.165) is 28.7 Å². The summed E-state index contributed by atoms with van der Waals surface area (Å²) in [7, 11) is 2.18. The Bertz CT molecular complexity index is 534. The van der Waals surface area contributed by atoms with Crippen LogP contribution in [0.2, 0.25) is 5.02 Å². The van der Waals surface area contributed by atoms with E-state index in [1.807, 2.05) is 24.5 Å². The van der Waals surface area contributed by atoms with Crippen molar-refractivity contribution in [3.63, 3.8) is 0 Å². The van der Waals surface area contributed by atoms with Gasteiger partial charge in [0.15, 0.2) is 0 Å². The smallest absolute Gasteiger partial charge is 0.113 e. The van der Waals surface area contributed by atoms with E-state index in [1.165, 1.54) is 19.5 Å². The van der Waals surface area contributed by atoms with Gasteiger partial charge < -0.3 is 9.30 Å². The molecule has 0 radical (unpaired) electrons. The average molecular weight is 250 g/mol. The zero-order valence-electron chi connectivity index (χ0n) is 9.93. The molecule has 3 nitrogen and oxygen atoms in total. The fraction of sp³-hybridized carbons (Fsp3) is 0.462. The van der Waals surface area contributed by atoms with E-state index in [0.29, 0.717) is 0 Å². The zero-order valence-corrected chi connectivity index (χ0v) is 10.7. The van der Waals surface area contributed by atoms with Crippen LogP contribution in [0.15, 0.2) is 24.5 Å². The predicted molar refractivity (Wildman–Crippen MR) is 69.5 cm³/mol. The van der Waals surface area contributed by atoms with Crippen LogP contribution in [0.4, 0.5) is 0 Å². The minimum absolute atomic E-state index is 0.726. The highest BCUT2D eigenvalue weighted by molar-refractivity contribution is 6.33. The molecule has 0 saturated carbocycles. The van der Waals surface area contributed by atoms with E-state index in [4.69, 9.17) is 11.6 Å². The van der Waals surface area contributed by atoms with Crippen molar-refractivity contribution in [2.24, 2.45) is 5.92 Å². The third kappa shape index (κ3) is 2.05. The lowest BCUT2D eigenvalue weighted by atomic mass is 10.0. The number of imidazole rings is 1. The quantitative estimate of drug-likeness (QED) is 0.815. The number of rotatable bonds is 2. The second-order valence-corrected chi connectivity index (χ2v) is 5.31. The largest absolute Gasteiger partial charge is 0.306 e.